The maximum atomic E-state index is 13.0. The molecule has 1 fully saturated rings. The summed E-state index contributed by atoms with van der Waals surface area (Å²) in [5.41, 5.74) is 6.37. The van der Waals surface area contributed by atoms with Crippen LogP contribution in [0.2, 0.25) is 0 Å². The molecule has 12 heteroatoms. The second kappa shape index (κ2) is 8.96. The molecular formula is C22H20F3N5O4. The molecule has 1 aliphatic heterocycles. The van der Waals surface area contributed by atoms with Crippen molar-refractivity contribution in [2.45, 2.75) is 25.2 Å². The predicted octanol–water partition coefficient (Wildman–Crippen LogP) is 4.10. The first-order chi connectivity index (χ1) is 16.1. The molecule has 1 aliphatic rings. The van der Waals surface area contributed by atoms with Crippen molar-refractivity contribution in [2.75, 3.05) is 17.2 Å². The normalized spacial score (nSPS) is 15.9. The number of hydrogen-bond donors (Lipinski definition) is 3. The summed E-state index contributed by atoms with van der Waals surface area (Å²) in [6, 6.07) is 9.64. The summed E-state index contributed by atoms with van der Waals surface area (Å²) in [7, 11) is 0. The number of anilines is 2. The summed E-state index contributed by atoms with van der Waals surface area (Å²) >= 11 is 0. The molecule has 178 valence electrons. The van der Waals surface area contributed by atoms with Crippen LogP contribution in [-0.4, -0.2) is 46.4 Å². The zero-order chi connectivity index (χ0) is 24.5. The van der Waals surface area contributed by atoms with Crippen LogP contribution in [0.5, 0.6) is 5.75 Å². The molecule has 0 unspecified atom stereocenters. The number of fused-ring (bicyclic) bond motifs is 1. The Hall–Kier alpha value is -4.22. The lowest BCUT2D eigenvalue weighted by molar-refractivity contribution is -0.274. The highest BCUT2D eigenvalue weighted by Gasteiger charge is 2.35. The second-order valence-corrected chi connectivity index (χ2v) is 7.61. The SMILES string of the molecule is NC(=O)n1cc(NC(=O)N2CCC[C@@H]2C(=O)Nc2cccc(OC(F)(F)F)c2)c2ccccc21. The molecule has 1 atom stereocenters. The smallest absolute Gasteiger partial charge is 0.406 e. The average molecular weight is 475 g/mol. The third-order valence-corrected chi connectivity index (χ3v) is 5.34. The standard InChI is InChI=1S/C22H20F3N5O4/c23-22(24,25)34-14-6-3-5-13(11-14)27-19(31)18-9-4-10-29(18)21(33)28-16-12-30(20(26)32)17-8-2-1-7-15(16)17/h1-3,5-8,11-12,18H,4,9-10H2,(H2,26,32)(H,27,31)(H,28,33)/t18-/m1/s1. The van der Waals surface area contributed by atoms with Crippen molar-refractivity contribution in [3.05, 3.63) is 54.7 Å². The Labute approximate surface area is 191 Å². The van der Waals surface area contributed by atoms with E-state index in [1.54, 1.807) is 24.3 Å². The summed E-state index contributed by atoms with van der Waals surface area (Å²) in [5, 5.41) is 5.85. The van der Waals surface area contributed by atoms with Gasteiger partial charge in [0.25, 0.3) is 0 Å². The van der Waals surface area contributed by atoms with Crippen molar-refractivity contribution >= 4 is 40.2 Å². The van der Waals surface area contributed by atoms with Gasteiger partial charge in [0, 0.05) is 29.9 Å². The summed E-state index contributed by atoms with van der Waals surface area (Å²) < 4.78 is 42.4. The van der Waals surface area contributed by atoms with Gasteiger partial charge in [-0.2, -0.15) is 0 Å². The fraction of sp³-hybridized carbons (Fsp3) is 0.227. The number of hydrogen-bond acceptors (Lipinski definition) is 4. The van der Waals surface area contributed by atoms with Crippen LogP contribution in [-0.2, 0) is 4.79 Å². The Morgan fingerprint density at radius 2 is 1.82 bits per heavy atom. The fourth-order valence-corrected chi connectivity index (χ4v) is 3.93. The molecule has 0 bridgehead atoms. The van der Waals surface area contributed by atoms with Gasteiger partial charge < -0.3 is 26.0 Å². The Balaban J connectivity index is 1.48. The number of ether oxygens (including phenoxy) is 1. The third kappa shape index (κ3) is 4.90. The minimum atomic E-state index is -4.86. The number of benzene rings is 2. The molecule has 1 saturated heterocycles. The number of primary amides is 1. The number of alkyl halides is 3. The van der Waals surface area contributed by atoms with Gasteiger partial charge in [0.05, 0.1) is 11.2 Å². The largest absolute Gasteiger partial charge is 0.573 e. The Kier molecular flexibility index (Phi) is 6.05. The zero-order valence-electron chi connectivity index (χ0n) is 17.6. The van der Waals surface area contributed by atoms with E-state index in [0.29, 0.717) is 36.0 Å². The first-order valence-corrected chi connectivity index (χ1v) is 10.3. The molecule has 0 aliphatic carbocycles. The molecule has 2 heterocycles. The molecule has 4 rings (SSSR count). The molecule has 4 N–H and O–H groups in total. The van der Waals surface area contributed by atoms with Crippen LogP contribution in [0.4, 0.5) is 34.1 Å². The van der Waals surface area contributed by atoms with E-state index in [-0.39, 0.29) is 5.69 Å². The number of urea groups is 1. The van der Waals surface area contributed by atoms with E-state index in [1.807, 2.05) is 0 Å². The highest BCUT2D eigenvalue weighted by atomic mass is 19.4. The van der Waals surface area contributed by atoms with E-state index >= 15 is 0 Å². The zero-order valence-corrected chi connectivity index (χ0v) is 17.6. The van der Waals surface area contributed by atoms with Crippen molar-refractivity contribution in [1.82, 2.24) is 9.47 Å². The lowest BCUT2D eigenvalue weighted by atomic mass is 10.2. The van der Waals surface area contributed by atoms with E-state index in [9.17, 15) is 27.6 Å². The van der Waals surface area contributed by atoms with Gasteiger partial charge in [0.1, 0.15) is 11.8 Å². The maximum absolute atomic E-state index is 13.0. The van der Waals surface area contributed by atoms with Crippen LogP contribution in [0, 0.1) is 0 Å². The number of carbonyl (C=O) groups excluding carboxylic acids is 3. The van der Waals surface area contributed by atoms with Crippen molar-refractivity contribution in [2.24, 2.45) is 5.73 Å². The van der Waals surface area contributed by atoms with Gasteiger partial charge in [0.2, 0.25) is 5.91 Å². The number of nitrogens with two attached hydrogens (primary N) is 1. The maximum Gasteiger partial charge on any atom is 0.573 e. The van der Waals surface area contributed by atoms with Gasteiger partial charge in [0.15, 0.2) is 0 Å². The van der Waals surface area contributed by atoms with E-state index in [4.69, 9.17) is 5.73 Å². The number of halogens is 3. The van der Waals surface area contributed by atoms with Crippen molar-refractivity contribution in [3.63, 3.8) is 0 Å². The lowest BCUT2D eigenvalue weighted by Crippen LogP contribution is -2.45. The average Bonchev–Trinajstić information content (AvgIpc) is 3.38. The van der Waals surface area contributed by atoms with Crippen molar-refractivity contribution in [3.8, 4) is 5.75 Å². The molecule has 0 radical (unpaired) electrons. The molecule has 9 nitrogen and oxygen atoms in total. The quantitative estimate of drug-likeness (QED) is 0.526. The van der Waals surface area contributed by atoms with Gasteiger partial charge in [-0.15, -0.1) is 13.2 Å². The summed E-state index contributed by atoms with van der Waals surface area (Å²) in [6.07, 6.45) is -2.52. The number of aromatic nitrogens is 1. The Morgan fingerprint density at radius 3 is 2.56 bits per heavy atom. The highest BCUT2D eigenvalue weighted by Crippen LogP contribution is 2.28. The van der Waals surface area contributed by atoms with E-state index in [1.165, 1.54) is 27.8 Å². The molecule has 3 aromatic rings. The van der Waals surface area contributed by atoms with Gasteiger partial charge >= 0.3 is 18.4 Å². The first-order valence-electron chi connectivity index (χ1n) is 10.3. The number of rotatable bonds is 4. The number of likely N-dealkylation sites (tertiary alicyclic amines) is 1. The highest BCUT2D eigenvalue weighted by molar-refractivity contribution is 6.06. The number of carbonyl (C=O) groups is 3. The number of nitrogens with zero attached hydrogens (tertiary/aromatic N) is 2. The van der Waals surface area contributed by atoms with Crippen LogP contribution < -0.4 is 21.1 Å². The summed E-state index contributed by atoms with van der Waals surface area (Å²) in [6.45, 7) is 0.301. The predicted molar refractivity (Wildman–Crippen MR) is 117 cm³/mol. The van der Waals surface area contributed by atoms with Crippen LogP contribution >= 0.6 is 0 Å². The van der Waals surface area contributed by atoms with Crippen LogP contribution in [0.1, 0.15) is 12.8 Å². The van der Waals surface area contributed by atoms with Crippen LogP contribution in [0.25, 0.3) is 10.9 Å². The molecular weight excluding hydrogens is 455 g/mol. The third-order valence-electron chi connectivity index (χ3n) is 5.34. The van der Waals surface area contributed by atoms with E-state index < -0.39 is 36.1 Å². The van der Waals surface area contributed by atoms with Crippen molar-refractivity contribution < 1.29 is 32.3 Å². The van der Waals surface area contributed by atoms with Crippen LogP contribution in [0.3, 0.4) is 0 Å². The molecule has 4 amide bonds. The lowest BCUT2D eigenvalue weighted by Gasteiger charge is -2.24. The van der Waals surface area contributed by atoms with Gasteiger partial charge in [-0.05, 0) is 31.0 Å². The Bertz CT molecular complexity index is 1260. The number of para-hydroxylation sites is 1. The Morgan fingerprint density at radius 1 is 1.06 bits per heavy atom. The summed E-state index contributed by atoms with van der Waals surface area (Å²) in [5.74, 6) is -1.02. The minimum absolute atomic E-state index is 0.100. The van der Waals surface area contributed by atoms with Crippen LogP contribution in [0.15, 0.2) is 54.7 Å². The molecule has 0 saturated carbocycles. The minimum Gasteiger partial charge on any atom is -0.406 e. The van der Waals surface area contributed by atoms with Gasteiger partial charge in [-0.25, -0.2) is 9.59 Å². The number of nitrogens with one attached hydrogen (secondary N) is 2. The topological polar surface area (TPSA) is 119 Å². The second-order valence-electron chi connectivity index (χ2n) is 7.61. The van der Waals surface area contributed by atoms with Crippen molar-refractivity contribution in [1.29, 1.82) is 0 Å². The van der Waals surface area contributed by atoms with Gasteiger partial charge in [-0.3, -0.25) is 9.36 Å². The molecule has 34 heavy (non-hydrogen) atoms. The number of amides is 4. The van der Waals surface area contributed by atoms with E-state index in [2.05, 4.69) is 15.4 Å². The van der Waals surface area contributed by atoms with E-state index in [0.717, 1.165) is 12.1 Å². The summed E-state index contributed by atoms with van der Waals surface area (Å²) in [4.78, 5) is 38.9. The fourth-order valence-electron chi connectivity index (χ4n) is 3.93. The monoisotopic (exact) mass is 475 g/mol. The van der Waals surface area contributed by atoms with Gasteiger partial charge in [-0.1, -0.05) is 24.3 Å². The first kappa shape index (κ1) is 23.0. The molecule has 0 spiro atoms. The molecule has 2 aromatic carbocycles. The molecule has 1 aromatic heterocycles.